The van der Waals surface area contributed by atoms with Gasteiger partial charge in [0.05, 0.1) is 18.2 Å². The first-order valence-electron chi connectivity index (χ1n) is 9.10. The predicted molar refractivity (Wildman–Crippen MR) is 92.0 cm³/mol. The van der Waals surface area contributed by atoms with Crippen LogP contribution < -0.4 is 5.32 Å². The number of anilines is 1. The summed E-state index contributed by atoms with van der Waals surface area (Å²) in [5.41, 5.74) is -0.0613. The number of nitrogens with one attached hydrogen (secondary N) is 1. The van der Waals surface area contributed by atoms with Gasteiger partial charge in [-0.15, -0.1) is 0 Å². The number of aromatic nitrogens is 1. The maximum atomic E-state index is 12.5. The molecule has 1 N–H and O–H groups in total. The number of nitrogens with zero attached hydrogens (tertiary/aromatic N) is 3. The van der Waals surface area contributed by atoms with E-state index in [1.54, 1.807) is 6.20 Å². The third-order valence-electron chi connectivity index (χ3n) is 5.55. The van der Waals surface area contributed by atoms with E-state index in [2.05, 4.69) is 10.3 Å². The molecule has 1 aromatic heterocycles. The van der Waals surface area contributed by atoms with E-state index in [4.69, 9.17) is 4.74 Å². The second-order valence-corrected chi connectivity index (χ2v) is 7.22. The SMILES string of the molecule is O=C(N1CCCC1)N1CCC2(CC1)C[C@@H](Nc1ccccn1)CO2. The van der Waals surface area contributed by atoms with Crippen molar-refractivity contribution in [1.29, 1.82) is 0 Å². The fourth-order valence-corrected chi connectivity index (χ4v) is 4.16. The second kappa shape index (κ2) is 6.59. The Morgan fingerprint density at radius 3 is 2.62 bits per heavy atom. The third-order valence-corrected chi connectivity index (χ3v) is 5.55. The molecule has 3 saturated heterocycles. The highest BCUT2D eigenvalue weighted by Gasteiger charge is 2.44. The first kappa shape index (κ1) is 15.7. The van der Waals surface area contributed by atoms with E-state index < -0.39 is 0 Å². The lowest BCUT2D eigenvalue weighted by atomic mass is 9.87. The van der Waals surface area contributed by atoms with E-state index in [0.29, 0.717) is 6.04 Å². The van der Waals surface area contributed by atoms with Crippen molar-refractivity contribution in [2.24, 2.45) is 0 Å². The minimum absolute atomic E-state index is 0.0613. The number of hydrogen-bond acceptors (Lipinski definition) is 4. The summed E-state index contributed by atoms with van der Waals surface area (Å²) in [6.07, 6.45) is 6.96. The number of piperidine rings is 1. The number of ether oxygens (including phenoxy) is 1. The van der Waals surface area contributed by atoms with Crippen LogP contribution in [0.25, 0.3) is 0 Å². The van der Waals surface area contributed by atoms with Crippen LogP contribution in [-0.4, -0.2) is 65.2 Å². The van der Waals surface area contributed by atoms with Gasteiger partial charge in [0.1, 0.15) is 5.82 Å². The quantitative estimate of drug-likeness (QED) is 0.904. The van der Waals surface area contributed by atoms with Gasteiger partial charge in [-0.3, -0.25) is 0 Å². The molecule has 3 aliphatic heterocycles. The maximum absolute atomic E-state index is 12.5. The number of pyridine rings is 1. The van der Waals surface area contributed by atoms with Gasteiger partial charge in [-0.05, 0) is 44.2 Å². The summed E-state index contributed by atoms with van der Waals surface area (Å²) < 4.78 is 6.18. The number of amides is 2. The molecule has 0 unspecified atom stereocenters. The molecule has 0 saturated carbocycles. The Hall–Kier alpha value is -1.82. The number of carbonyl (C=O) groups excluding carboxylic acids is 1. The fraction of sp³-hybridized carbons (Fsp3) is 0.667. The molecule has 6 nitrogen and oxygen atoms in total. The van der Waals surface area contributed by atoms with Gasteiger partial charge in [0, 0.05) is 32.4 Å². The van der Waals surface area contributed by atoms with E-state index >= 15 is 0 Å². The first-order valence-corrected chi connectivity index (χ1v) is 9.10. The Labute approximate surface area is 143 Å². The number of carbonyl (C=O) groups is 1. The molecule has 1 atom stereocenters. The van der Waals surface area contributed by atoms with Gasteiger partial charge in [0.25, 0.3) is 0 Å². The highest BCUT2D eigenvalue weighted by molar-refractivity contribution is 5.74. The van der Waals surface area contributed by atoms with Gasteiger partial charge in [-0.2, -0.15) is 0 Å². The summed E-state index contributed by atoms with van der Waals surface area (Å²) in [6.45, 7) is 4.19. The summed E-state index contributed by atoms with van der Waals surface area (Å²) in [5, 5.41) is 3.47. The van der Waals surface area contributed by atoms with Crippen molar-refractivity contribution in [3.05, 3.63) is 24.4 Å². The molecular weight excluding hydrogens is 304 g/mol. The van der Waals surface area contributed by atoms with Crippen LogP contribution in [-0.2, 0) is 4.74 Å². The van der Waals surface area contributed by atoms with Gasteiger partial charge in [-0.1, -0.05) is 6.07 Å². The van der Waals surface area contributed by atoms with Crippen LogP contribution >= 0.6 is 0 Å². The Morgan fingerprint density at radius 1 is 1.17 bits per heavy atom. The molecular formula is C18H26N4O2. The largest absolute Gasteiger partial charge is 0.373 e. The molecule has 3 aliphatic rings. The van der Waals surface area contributed by atoms with E-state index in [0.717, 1.165) is 70.7 Å². The standard InChI is InChI=1S/C18H26N4O2/c23-17(21-9-3-4-10-21)22-11-6-18(7-12-22)13-15(14-24-18)20-16-5-1-2-8-19-16/h1-2,5,8,15H,3-4,6-7,9-14H2,(H,19,20)/t15-/m1/s1. The van der Waals surface area contributed by atoms with Gasteiger partial charge >= 0.3 is 6.03 Å². The summed E-state index contributed by atoms with van der Waals surface area (Å²) in [4.78, 5) is 20.8. The van der Waals surface area contributed by atoms with E-state index in [9.17, 15) is 4.79 Å². The summed E-state index contributed by atoms with van der Waals surface area (Å²) >= 11 is 0. The predicted octanol–water partition coefficient (Wildman–Crippen LogP) is 2.33. The van der Waals surface area contributed by atoms with Crippen LogP contribution in [0, 0.1) is 0 Å². The molecule has 24 heavy (non-hydrogen) atoms. The highest BCUT2D eigenvalue weighted by atomic mass is 16.5. The number of likely N-dealkylation sites (tertiary alicyclic amines) is 2. The van der Waals surface area contributed by atoms with Crippen molar-refractivity contribution in [3.63, 3.8) is 0 Å². The highest BCUT2D eigenvalue weighted by Crippen LogP contribution is 2.37. The van der Waals surface area contributed by atoms with Gasteiger partial charge in [0.2, 0.25) is 0 Å². The summed E-state index contributed by atoms with van der Waals surface area (Å²) in [6, 6.07) is 6.43. The molecule has 0 aliphatic carbocycles. The monoisotopic (exact) mass is 330 g/mol. The molecule has 6 heteroatoms. The summed E-state index contributed by atoms with van der Waals surface area (Å²) in [5.74, 6) is 0.907. The number of urea groups is 1. The van der Waals surface area contributed by atoms with Crippen molar-refractivity contribution in [1.82, 2.24) is 14.8 Å². The van der Waals surface area contributed by atoms with Crippen LogP contribution in [0.5, 0.6) is 0 Å². The van der Waals surface area contributed by atoms with Crippen LogP contribution in [0.2, 0.25) is 0 Å². The Bertz CT molecular complexity index is 566. The van der Waals surface area contributed by atoms with E-state index in [1.165, 1.54) is 0 Å². The van der Waals surface area contributed by atoms with Gasteiger partial charge in [0.15, 0.2) is 0 Å². The van der Waals surface area contributed by atoms with Crippen molar-refractivity contribution in [3.8, 4) is 0 Å². The molecule has 1 spiro atoms. The van der Waals surface area contributed by atoms with E-state index in [1.807, 2.05) is 28.0 Å². The average molecular weight is 330 g/mol. The molecule has 0 aromatic carbocycles. The average Bonchev–Trinajstić information content (AvgIpc) is 3.27. The molecule has 4 rings (SSSR count). The lowest BCUT2D eigenvalue weighted by Gasteiger charge is -2.39. The summed E-state index contributed by atoms with van der Waals surface area (Å²) in [7, 11) is 0. The van der Waals surface area contributed by atoms with Crippen LogP contribution in [0.15, 0.2) is 24.4 Å². The van der Waals surface area contributed by atoms with Crippen molar-refractivity contribution >= 4 is 11.8 Å². The molecule has 0 bridgehead atoms. The maximum Gasteiger partial charge on any atom is 0.320 e. The molecule has 2 amide bonds. The molecule has 3 fully saturated rings. The first-order chi connectivity index (χ1) is 11.7. The van der Waals surface area contributed by atoms with Crippen molar-refractivity contribution in [2.45, 2.75) is 43.7 Å². The fourth-order valence-electron chi connectivity index (χ4n) is 4.16. The van der Waals surface area contributed by atoms with Gasteiger partial charge < -0.3 is 19.9 Å². The number of hydrogen-bond donors (Lipinski definition) is 1. The minimum Gasteiger partial charge on any atom is -0.373 e. The normalized spacial score (nSPS) is 26.1. The molecule has 4 heterocycles. The van der Waals surface area contributed by atoms with Crippen LogP contribution in [0.1, 0.15) is 32.1 Å². The molecule has 0 radical (unpaired) electrons. The smallest absolute Gasteiger partial charge is 0.320 e. The Balaban J connectivity index is 1.30. The van der Waals surface area contributed by atoms with Crippen molar-refractivity contribution in [2.75, 3.05) is 38.1 Å². The van der Waals surface area contributed by atoms with Crippen molar-refractivity contribution < 1.29 is 9.53 Å². The third kappa shape index (κ3) is 3.20. The lowest BCUT2D eigenvalue weighted by molar-refractivity contribution is -0.0379. The second-order valence-electron chi connectivity index (χ2n) is 7.22. The molecule has 1 aromatic rings. The topological polar surface area (TPSA) is 57.7 Å². The zero-order valence-corrected chi connectivity index (χ0v) is 14.1. The molecule has 130 valence electrons. The van der Waals surface area contributed by atoms with Gasteiger partial charge in [-0.25, -0.2) is 9.78 Å². The van der Waals surface area contributed by atoms with Crippen LogP contribution in [0.4, 0.5) is 10.6 Å². The van der Waals surface area contributed by atoms with Crippen LogP contribution in [0.3, 0.4) is 0 Å². The lowest BCUT2D eigenvalue weighted by Crippen LogP contribution is -2.50. The zero-order chi connectivity index (χ0) is 16.4. The Morgan fingerprint density at radius 2 is 1.92 bits per heavy atom. The minimum atomic E-state index is -0.0613. The van der Waals surface area contributed by atoms with E-state index in [-0.39, 0.29) is 11.6 Å². The zero-order valence-electron chi connectivity index (χ0n) is 14.1. The number of rotatable bonds is 2. The Kier molecular flexibility index (Phi) is 4.31.